The number of nitrogens with zero attached hydrogens (tertiary/aromatic N) is 3. The highest BCUT2D eigenvalue weighted by molar-refractivity contribution is 7.08. The number of amides is 1. The number of rotatable bonds is 4. The molecule has 7 heteroatoms. The predicted molar refractivity (Wildman–Crippen MR) is 88.8 cm³/mol. The van der Waals surface area contributed by atoms with E-state index in [9.17, 15) is 4.79 Å². The molecular formula is C16H14N4O2S. The number of benzene rings is 1. The molecule has 1 amide bonds. The zero-order chi connectivity index (χ0) is 16.2. The van der Waals surface area contributed by atoms with E-state index in [1.165, 1.54) is 0 Å². The number of carbonyl (C=O) groups is 1. The molecule has 0 saturated heterocycles. The van der Waals surface area contributed by atoms with Crippen molar-refractivity contribution in [3.8, 4) is 17.0 Å². The van der Waals surface area contributed by atoms with Gasteiger partial charge in [-0.2, -0.15) is 0 Å². The Kier molecular flexibility index (Phi) is 4.29. The summed E-state index contributed by atoms with van der Waals surface area (Å²) in [5, 5.41) is 6.87. The van der Waals surface area contributed by atoms with Gasteiger partial charge in [0.15, 0.2) is 0 Å². The van der Waals surface area contributed by atoms with Crippen molar-refractivity contribution in [3.63, 3.8) is 0 Å². The van der Waals surface area contributed by atoms with E-state index in [1.54, 1.807) is 13.3 Å². The molecule has 3 aromatic rings. The number of anilines is 1. The number of ether oxygens (including phenoxy) is 1. The fourth-order valence-electron chi connectivity index (χ4n) is 2.06. The molecule has 0 aliphatic rings. The quantitative estimate of drug-likeness (QED) is 0.797. The third-order valence-corrected chi connectivity index (χ3v) is 4.02. The van der Waals surface area contributed by atoms with E-state index < -0.39 is 0 Å². The number of pyridine rings is 1. The van der Waals surface area contributed by atoms with Crippen LogP contribution in [0.4, 0.5) is 5.82 Å². The highest BCUT2D eigenvalue weighted by atomic mass is 32.1. The van der Waals surface area contributed by atoms with Crippen LogP contribution >= 0.6 is 11.5 Å². The summed E-state index contributed by atoms with van der Waals surface area (Å²) in [4.78, 5) is 17.1. The molecule has 0 atom stereocenters. The first kappa shape index (κ1) is 15.1. The van der Waals surface area contributed by atoms with Crippen molar-refractivity contribution in [2.24, 2.45) is 0 Å². The van der Waals surface area contributed by atoms with Crippen molar-refractivity contribution < 1.29 is 9.53 Å². The van der Waals surface area contributed by atoms with Crippen molar-refractivity contribution in [2.45, 2.75) is 6.92 Å². The first-order valence-corrected chi connectivity index (χ1v) is 7.66. The molecule has 1 aromatic carbocycles. The lowest BCUT2D eigenvalue weighted by Crippen LogP contribution is -2.13. The summed E-state index contributed by atoms with van der Waals surface area (Å²) in [6.45, 7) is 1.89. The van der Waals surface area contributed by atoms with E-state index in [4.69, 9.17) is 4.74 Å². The van der Waals surface area contributed by atoms with Crippen molar-refractivity contribution in [3.05, 3.63) is 53.0 Å². The first-order chi connectivity index (χ1) is 11.2. The largest absolute Gasteiger partial charge is 0.497 e. The second-order valence-corrected chi connectivity index (χ2v) is 5.56. The molecule has 0 radical (unpaired) electrons. The SMILES string of the molecule is COc1ccc(-c2nnsc2C(=O)Nc2ncccc2C)cc1. The Balaban J connectivity index is 1.88. The molecule has 0 saturated carbocycles. The summed E-state index contributed by atoms with van der Waals surface area (Å²) in [5.74, 6) is 1.01. The van der Waals surface area contributed by atoms with Crippen LogP contribution < -0.4 is 10.1 Å². The van der Waals surface area contributed by atoms with Gasteiger partial charge >= 0.3 is 0 Å². The van der Waals surface area contributed by atoms with Gasteiger partial charge in [0, 0.05) is 11.8 Å². The fourth-order valence-corrected chi connectivity index (χ4v) is 2.64. The molecule has 2 heterocycles. The summed E-state index contributed by atoms with van der Waals surface area (Å²) in [6.07, 6.45) is 1.64. The monoisotopic (exact) mass is 326 g/mol. The average molecular weight is 326 g/mol. The van der Waals surface area contributed by atoms with E-state index in [0.717, 1.165) is 28.4 Å². The Bertz CT molecular complexity index is 830. The van der Waals surface area contributed by atoms with Gasteiger partial charge in [-0.05, 0) is 54.4 Å². The third-order valence-electron chi connectivity index (χ3n) is 3.30. The molecular weight excluding hydrogens is 312 g/mol. The van der Waals surface area contributed by atoms with Crippen molar-refractivity contribution in [1.29, 1.82) is 0 Å². The third kappa shape index (κ3) is 3.19. The van der Waals surface area contributed by atoms with Crippen molar-refractivity contribution >= 4 is 23.3 Å². The molecule has 116 valence electrons. The van der Waals surface area contributed by atoms with Crippen LogP contribution in [0.1, 0.15) is 15.2 Å². The van der Waals surface area contributed by atoms with Gasteiger partial charge in [0.2, 0.25) is 0 Å². The van der Waals surface area contributed by atoms with Gasteiger partial charge in [-0.25, -0.2) is 4.98 Å². The van der Waals surface area contributed by atoms with Gasteiger partial charge in [0.05, 0.1) is 7.11 Å². The molecule has 1 N–H and O–H groups in total. The van der Waals surface area contributed by atoms with Crippen LogP contribution in [-0.2, 0) is 0 Å². The smallest absolute Gasteiger partial charge is 0.270 e. The molecule has 0 aliphatic heterocycles. The maximum atomic E-state index is 12.5. The molecule has 3 rings (SSSR count). The minimum absolute atomic E-state index is 0.271. The Morgan fingerprint density at radius 1 is 1.22 bits per heavy atom. The molecule has 6 nitrogen and oxygen atoms in total. The number of carbonyl (C=O) groups excluding carboxylic acids is 1. The molecule has 2 aromatic heterocycles. The highest BCUT2D eigenvalue weighted by Gasteiger charge is 2.19. The predicted octanol–water partition coefficient (Wildman–Crippen LogP) is 3.17. The minimum atomic E-state index is -0.271. The second kappa shape index (κ2) is 6.53. The van der Waals surface area contributed by atoms with Crippen LogP contribution in [0.25, 0.3) is 11.3 Å². The van der Waals surface area contributed by atoms with E-state index >= 15 is 0 Å². The fraction of sp³-hybridized carbons (Fsp3) is 0.125. The van der Waals surface area contributed by atoms with Gasteiger partial charge in [-0.3, -0.25) is 4.79 Å². The number of hydrogen-bond donors (Lipinski definition) is 1. The van der Waals surface area contributed by atoms with Crippen LogP contribution in [0.5, 0.6) is 5.75 Å². The van der Waals surface area contributed by atoms with Crippen LogP contribution in [0.2, 0.25) is 0 Å². The molecule has 0 unspecified atom stereocenters. The van der Waals surface area contributed by atoms with Crippen LogP contribution in [0.3, 0.4) is 0 Å². The first-order valence-electron chi connectivity index (χ1n) is 6.89. The molecule has 0 bridgehead atoms. The van der Waals surface area contributed by atoms with Crippen molar-refractivity contribution in [2.75, 3.05) is 12.4 Å². The highest BCUT2D eigenvalue weighted by Crippen LogP contribution is 2.26. The maximum absolute atomic E-state index is 12.5. The zero-order valence-electron chi connectivity index (χ0n) is 12.6. The number of hydrogen-bond acceptors (Lipinski definition) is 6. The molecule has 0 fully saturated rings. The zero-order valence-corrected chi connectivity index (χ0v) is 13.4. The lowest BCUT2D eigenvalue weighted by molar-refractivity contribution is 0.103. The normalized spacial score (nSPS) is 10.3. The Hall–Kier alpha value is -2.80. The summed E-state index contributed by atoms with van der Waals surface area (Å²) in [6, 6.07) is 11.0. The van der Waals surface area contributed by atoms with Gasteiger partial charge in [-0.15, -0.1) is 5.10 Å². The summed E-state index contributed by atoms with van der Waals surface area (Å²) in [5.41, 5.74) is 2.25. The number of methoxy groups -OCH3 is 1. The lowest BCUT2D eigenvalue weighted by Gasteiger charge is -2.06. The second-order valence-electron chi connectivity index (χ2n) is 4.80. The number of aryl methyl sites for hydroxylation is 1. The van der Waals surface area contributed by atoms with Crippen LogP contribution in [0.15, 0.2) is 42.6 Å². The Morgan fingerprint density at radius 2 is 2.00 bits per heavy atom. The Morgan fingerprint density at radius 3 is 2.70 bits per heavy atom. The molecule has 23 heavy (non-hydrogen) atoms. The summed E-state index contributed by atoms with van der Waals surface area (Å²) in [7, 11) is 1.60. The summed E-state index contributed by atoms with van der Waals surface area (Å²) >= 11 is 1.06. The average Bonchev–Trinajstić information content (AvgIpc) is 3.07. The number of aromatic nitrogens is 3. The number of nitrogens with one attached hydrogen (secondary N) is 1. The van der Waals surface area contributed by atoms with E-state index in [2.05, 4.69) is 19.9 Å². The summed E-state index contributed by atoms with van der Waals surface area (Å²) < 4.78 is 9.04. The topological polar surface area (TPSA) is 77.0 Å². The van der Waals surface area contributed by atoms with Crippen LogP contribution in [-0.4, -0.2) is 27.6 Å². The van der Waals surface area contributed by atoms with Crippen LogP contribution in [0, 0.1) is 6.92 Å². The Labute approximate surface area is 137 Å². The van der Waals surface area contributed by atoms with E-state index in [-0.39, 0.29) is 5.91 Å². The standard InChI is InChI=1S/C16H14N4O2S/c1-10-4-3-9-17-15(10)18-16(21)14-13(19-20-23-14)11-5-7-12(22-2)8-6-11/h3-9H,1-2H3,(H,17,18,21). The van der Waals surface area contributed by atoms with Crippen molar-refractivity contribution in [1.82, 2.24) is 14.6 Å². The van der Waals surface area contributed by atoms with Gasteiger partial charge in [-0.1, -0.05) is 10.6 Å². The molecule has 0 aliphatic carbocycles. The van der Waals surface area contributed by atoms with Gasteiger partial charge < -0.3 is 10.1 Å². The minimum Gasteiger partial charge on any atom is -0.497 e. The van der Waals surface area contributed by atoms with Gasteiger partial charge in [0.1, 0.15) is 22.1 Å². The van der Waals surface area contributed by atoms with Gasteiger partial charge in [0.25, 0.3) is 5.91 Å². The molecule has 0 spiro atoms. The van der Waals surface area contributed by atoms with E-state index in [1.807, 2.05) is 43.3 Å². The van der Waals surface area contributed by atoms with E-state index in [0.29, 0.717) is 16.4 Å². The lowest BCUT2D eigenvalue weighted by atomic mass is 10.1. The maximum Gasteiger partial charge on any atom is 0.270 e.